The van der Waals surface area contributed by atoms with Gasteiger partial charge in [0.05, 0.1) is 13.2 Å². The van der Waals surface area contributed by atoms with Gasteiger partial charge in [-0.25, -0.2) is 9.79 Å². The number of nitrogens with zero attached hydrogens (tertiary/aromatic N) is 1. The van der Waals surface area contributed by atoms with Crippen LogP contribution in [0.4, 0.5) is 0 Å². The molecule has 0 fully saturated rings. The van der Waals surface area contributed by atoms with E-state index in [1.165, 1.54) is 0 Å². The zero-order valence-corrected chi connectivity index (χ0v) is 22.0. The number of halogens is 3. The molecule has 3 rings (SSSR count). The van der Waals surface area contributed by atoms with E-state index >= 15 is 0 Å². The van der Waals surface area contributed by atoms with Crippen LogP contribution in [-0.4, -0.2) is 18.0 Å². The summed E-state index contributed by atoms with van der Waals surface area (Å²) in [5.41, 5.74) is 3.11. The minimum atomic E-state index is -0.434. The average Bonchev–Trinajstić information content (AvgIpc) is 3.00. The van der Waals surface area contributed by atoms with E-state index in [1.807, 2.05) is 37.3 Å². The number of aliphatic imine (C=N–C) groups is 1. The van der Waals surface area contributed by atoms with Gasteiger partial charge >= 0.3 is 5.97 Å². The van der Waals surface area contributed by atoms with Gasteiger partial charge in [-0.1, -0.05) is 6.92 Å². The van der Waals surface area contributed by atoms with E-state index in [0.717, 1.165) is 39.6 Å². The van der Waals surface area contributed by atoms with E-state index in [2.05, 4.69) is 86.6 Å². The van der Waals surface area contributed by atoms with Crippen LogP contribution in [0.1, 0.15) is 37.0 Å². The number of rotatable bonds is 5. The van der Waals surface area contributed by atoms with Crippen LogP contribution in [0.15, 0.2) is 41.0 Å². The molecule has 0 bridgehead atoms. The Labute approximate surface area is 205 Å². The third-order valence-electron chi connectivity index (χ3n) is 4.24. The molecule has 0 saturated carbocycles. The molecule has 1 aliphatic rings. The van der Waals surface area contributed by atoms with Gasteiger partial charge in [-0.2, -0.15) is 0 Å². The molecule has 7 heteroatoms. The van der Waals surface area contributed by atoms with Crippen LogP contribution in [0, 0.1) is 17.6 Å². The molecule has 0 amide bonds. The Kier molecular flexibility index (Phi) is 7.40. The summed E-state index contributed by atoms with van der Waals surface area (Å²) < 4.78 is 14.6. The molecule has 146 valence electrons. The van der Waals surface area contributed by atoms with Gasteiger partial charge in [-0.3, -0.25) is 0 Å². The summed E-state index contributed by atoms with van der Waals surface area (Å²) >= 11 is 6.80. The zero-order valence-electron chi connectivity index (χ0n) is 15.6. The predicted octanol–water partition coefficient (Wildman–Crippen LogP) is 6.33. The Morgan fingerprint density at radius 2 is 1.82 bits per heavy atom. The van der Waals surface area contributed by atoms with E-state index in [9.17, 15) is 4.79 Å². The Morgan fingerprint density at radius 1 is 1.14 bits per heavy atom. The fraction of sp³-hybridized carbons (Fsp3) is 0.238. The lowest BCUT2D eigenvalue weighted by atomic mass is 10.1. The molecule has 2 aromatic carbocycles. The maximum Gasteiger partial charge on any atom is 0.363 e. The molecule has 1 aliphatic heterocycles. The molecule has 1 unspecified atom stereocenters. The molecule has 4 nitrogen and oxygen atoms in total. The number of aryl methyl sites for hydroxylation is 1. The topological polar surface area (TPSA) is 47.9 Å². The summed E-state index contributed by atoms with van der Waals surface area (Å²) in [6, 6.07) is 9.86. The van der Waals surface area contributed by atoms with E-state index in [0.29, 0.717) is 11.6 Å². The summed E-state index contributed by atoms with van der Waals surface area (Å²) in [6.45, 7) is 6.17. The van der Waals surface area contributed by atoms with Crippen LogP contribution < -0.4 is 4.74 Å². The van der Waals surface area contributed by atoms with Gasteiger partial charge < -0.3 is 9.47 Å². The average molecular weight is 713 g/mol. The second-order valence-corrected chi connectivity index (χ2v) is 9.94. The number of carbonyl (C=O) groups excluding carboxylic acids is 1. The second kappa shape index (κ2) is 9.41. The van der Waals surface area contributed by atoms with Gasteiger partial charge in [0.2, 0.25) is 5.90 Å². The fourth-order valence-corrected chi connectivity index (χ4v) is 4.93. The van der Waals surface area contributed by atoms with Crippen molar-refractivity contribution in [3.8, 4) is 5.75 Å². The van der Waals surface area contributed by atoms with Gasteiger partial charge in [-0.15, -0.1) is 0 Å². The van der Waals surface area contributed by atoms with Gasteiger partial charge in [0.15, 0.2) is 5.70 Å². The second-order valence-electron chi connectivity index (χ2n) is 6.45. The standard InChI is InChI=1S/C21H18I3NO3/c1-4-12(3)27-19-16(23)8-13(9-17(19)24)10-18-21(26)28-20(25-18)14-5-6-15(22)11(2)7-14/h5-10,12H,4H2,1-3H3/b18-10-. The molecule has 0 radical (unpaired) electrons. The molecule has 0 aromatic heterocycles. The summed E-state index contributed by atoms with van der Waals surface area (Å²) in [7, 11) is 0. The molecule has 0 saturated heterocycles. The number of hydrogen-bond donors (Lipinski definition) is 0. The summed E-state index contributed by atoms with van der Waals surface area (Å²) in [4.78, 5) is 16.7. The van der Waals surface area contributed by atoms with Gasteiger partial charge in [0.25, 0.3) is 0 Å². The normalized spacial score (nSPS) is 16.1. The quantitative estimate of drug-likeness (QED) is 0.207. The van der Waals surface area contributed by atoms with Crippen LogP contribution in [0.5, 0.6) is 5.75 Å². The highest BCUT2D eigenvalue weighted by atomic mass is 127. The number of benzene rings is 2. The van der Waals surface area contributed by atoms with Crippen LogP contribution in [0.25, 0.3) is 6.08 Å². The first-order valence-electron chi connectivity index (χ1n) is 8.73. The Hall–Kier alpha value is -0.690. The first-order valence-corrected chi connectivity index (χ1v) is 12.0. The molecule has 1 heterocycles. The Morgan fingerprint density at radius 3 is 2.43 bits per heavy atom. The van der Waals surface area contributed by atoms with Crippen molar-refractivity contribution >= 4 is 85.7 Å². The first-order chi connectivity index (χ1) is 13.3. The summed E-state index contributed by atoms with van der Waals surface area (Å²) in [5.74, 6) is 0.790. The molecule has 2 aromatic rings. The molecule has 0 aliphatic carbocycles. The highest BCUT2D eigenvalue weighted by Crippen LogP contribution is 2.31. The minimum Gasteiger partial charge on any atom is -0.489 e. The third-order valence-corrected chi connectivity index (χ3v) is 7.06. The van der Waals surface area contributed by atoms with E-state index in [1.54, 1.807) is 6.08 Å². The van der Waals surface area contributed by atoms with Crippen LogP contribution in [0.2, 0.25) is 0 Å². The number of esters is 1. The largest absolute Gasteiger partial charge is 0.489 e. The minimum absolute atomic E-state index is 0.153. The van der Waals surface area contributed by atoms with E-state index in [4.69, 9.17) is 9.47 Å². The first kappa shape index (κ1) is 22.0. The van der Waals surface area contributed by atoms with Crippen molar-refractivity contribution in [3.63, 3.8) is 0 Å². The maximum absolute atomic E-state index is 12.3. The Bertz CT molecular complexity index is 975. The maximum atomic E-state index is 12.3. The van der Waals surface area contributed by atoms with Crippen molar-refractivity contribution in [2.75, 3.05) is 0 Å². The molecule has 1 atom stereocenters. The van der Waals surface area contributed by atoms with Crippen LogP contribution in [0.3, 0.4) is 0 Å². The summed E-state index contributed by atoms with van der Waals surface area (Å²) in [6.07, 6.45) is 2.85. The molecular formula is C21H18I3NO3. The van der Waals surface area contributed by atoms with Crippen molar-refractivity contribution in [2.45, 2.75) is 33.3 Å². The smallest absolute Gasteiger partial charge is 0.363 e. The zero-order chi connectivity index (χ0) is 20.4. The monoisotopic (exact) mass is 713 g/mol. The Balaban J connectivity index is 1.91. The lowest BCUT2D eigenvalue weighted by molar-refractivity contribution is -0.129. The number of cyclic esters (lactones) is 1. The van der Waals surface area contributed by atoms with Crippen molar-refractivity contribution in [2.24, 2.45) is 4.99 Å². The SMILES string of the molecule is CCC(C)Oc1c(I)cc(/C=C2\N=C(c3ccc(I)c(C)c3)OC2=O)cc1I. The number of carbonyl (C=O) groups is 1. The third kappa shape index (κ3) is 5.07. The van der Waals surface area contributed by atoms with Gasteiger partial charge in [-0.05, 0) is 136 Å². The highest BCUT2D eigenvalue weighted by Gasteiger charge is 2.24. The number of hydrogen-bond acceptors (Lipinski definition) is 4. The number of ether oxygens (including phenoxy) is 2. The van der Waals surface area contributed by atoms with Crippen molar-refractivity contribution in [3.05, 3.63) is 63.4 Å². The highest BCUT2D eigenvalue weighted by molar-refractivity contribution is 14.1. The lowest BCUT2D eigenvalue weighted by Crippen LogP contribution is -2.11. The molecule has 28 heavy (non-hydrogen) atoms. The molecule has 0 spiro atoms. The molecule has 0 N–H and O–H groups in total. The van der Waals surface area contributed by atoms with Gasteiger partial charge in [0, 0.05) is 9.13 Å². The van der Waals surface area contributed by atoms with E-state index < -0.39 is 5.97 Å². The predicted molar refractivity (Wildman–Crippen MR) is 137 cm³/mol. The summed E-state index contributed by atoms with van der Waals surface area (Å²) in [5, 5.41) is 0. The fourth-order valence-electron chi connectivity index (χ4n) is 2.53. The lowest BCUT2D eigenvalue weighted by Gasteiger charge is -2.16. The van der Waals surface area contributed by atoms with E-state index in [-0.39, 0.29) is 6.10 Å². The van der Waals surface area contributed by atoms with Crippen molar-refractivity contribution in [1.29, 1.82) is 0 Å². The van der Waals surface area contributed by atoms with Crippen molar-refractivity contribution < 1.29 is 14.3 Å². The van der Waals surface area contributed by atoms with Crippen molar-refractivity contribution in [1.82, 2.24) is 0 Å². The molecular weight excluding hydrogens is 695 g/mol. The van der Waals surface area contributed by atoms with Crippen LogP contribution >= 0.6 is 67.8 Å². The van der Waals surface area contributed by atoms with Crippen LogP contribution in [-0.2, 0) is 9.53 Å². The van der Waals surface area contributed by atoms with Gasteiger partial charge in [0.1, 0.15) is 5.75 Å².